The number of aryl methyl sites for hydroxylation is 1. The van der Waals surface area contributed by atoms with Crippen LogP contribution in [0.5, 0.6) is 5.75 Å². The van der Waals surface area contributed by atoms with Crippen molar-refractivity contribution in [2.45, 2.75) is 6.18 Å². The van der Waals surface area contributed by atoms with Crippen molar-refractivity contribution in [3.05, 3.63) is 46.4 Å². The van der Waals surface area contributed by atoms with Crippen molar-refractivity contribution in [2.24, 2.45) is 7.05 Å². The number of alkyl halides is 3. The first kappa shape index (κ1) is 14.1. The lowest BCUT2D eigenvalue weighted by Gasteiger charge is -2.11. The molecule has 0 bridgehead atoms. The van der Waals surface area contributed by atoms with E-state index < -0.39 is 17.3 Å². The summed E-state index contributed by atoms with van der Waals surface area (Å²) in [4.78, 5) is 12.0. The minimum Gasteiger partial charge on any atom is -0.494 e. The van der Waals surface area contributed by atoms with Crippen molar-refractivity contribution in [3.8, 4) is 16.9 Å². The Labute approximate surface area is 112 Å². The number of hydrogen-bond donors (Lipinski definition) is 0. The van der Waals surface area contributed by atoms with Crippen molar-refractivity contribution in [3.63, 3.8) is 0 Å². The molecule has 0 aliphatic rings. The molecule has 1 aromatic carbocycles. The van der Waals surface area contributed by atoms with E-state index in [1.807, 2.05) is 0 Å². The molecule has 0 saturated heterocycles. The van der Waals surface area contributed by atoms with Gasteiger partial charge in [-0.3, -0.25) is 4.79 Å². The Morgan fingerprint density at radius 1 is 1.30 bits per heavy atom. The summed E-state index contributed by atoms with van der Waals surface area (Å²) in [6.45, 7) is 0. The number of methoxy groups -OCH3 is 1. The molecule has 7 heteroatoms. The number of halogens is 3. The fourth-order valence-corrected chi connectivity index (χ4v) is 1.79. The molecule has 20 heavy (non-hydrogen) atoms. The molecule has 0 unspecified atom stereocenters. The van der Waals surface area contributed by atoms with Crippen LogP contribution in [0.3, 0.4) is 0 Å². The Morgan fingerprint density at radius 2 is 2.00 bits per heavy atom. The van der Waals surface area contributed by atoms with Crippen molar-refractivity contribution >= 4 is 0 Å². The highest BCUT2D eigenvalue weighted by Crippen LogP contribution is 2.33. The summed E-state index contributed by atoms with van der Waals surface area (Å²) in [5.41, 5.74) is -1.16. The maximum atomic E-state index is 12.7. The summed E-state index contributed by atoms with van der Waals surface area (Å²) < 4.78 is 44.2. The molecule has 106 valence electrons. The second-order valence-corrected chi connectivity index (χ2v) is 4.10. The third-order valence-corrected chi connectivity index (χ3v) is 2.80. The Morgan fingerprint density at radius 3 is 2.60 bits per heavy atom. The summed E-state index contributed by atoms with van der Waals surface area (Å²) in [6.07, 6.45) is -3.18. The quantitative estimate of drug-likeness (QED) is 0.851. The minimum atomic E-state index is -4.47. The zero-order chi connectivity index (χ0) is 14.9. The Balaban J connectivity index is 2.69. The van der Waals surface area contributed by atoms with E-state index in [0.29, 0.717) is 0 Å². The molecule has 0 amide bonds. The molecule has 0 radical (unpaired) electrons. The molecule has 2 aromatic rings. The third kappa shape index (κ3) is 2.52. The van der Waals surface area contributed by atoms with Gasteiger partial charge in [-0.2, -0.15) is 18.3 Å². The predicted octanol–water partition coefficient (Wildman–Crippen LogP) is 2.47. The SMILES string of the molecule is COc1cnn(C)c(=O)c1-c1cccc(C(F)(F)F)c1. The molecule has 4 nitrogen and oxygen atoms in total. The normalized spacial score (nSPS) is 11.4. The van der Waals surface area contributed by atoms with Crippen LogP contribution in [-0.2, 0) is 13.2 Å². The van der Waals surface area contributed by atoms with Gasteiger partial charge in [-0.25, -0.2) is 4.68 Å². The molecular formula is C13H11F3N2O2. The summed E-state index contributed by atoms with van der Waals surface area (Å²) in [6, 6.07) is 4.53. The van der Waals surface area contributed by atoms with Crippen molar-refractivity contribution < 1.29 is 17.9 Å². The minimum absolute atomic E-state index is 0.0519. The number of rotatable bonds is 2. The van der Waals surface area contributed by atoms with E-state index in [4.69, 9.17) is 4.74 Å². The molecule has 0 spiro atoms. The van der Waals surface area contributed by atoms with Gasteiger partial charge in [0.15, 0.2) is 5.75 Å². The Kier molecular flexibility index (Phi) is 3.52. The molecule has 0 saturated carbocycles. The first-order valence-corrected chi connectivity index (χ1v) is 5.62. The van der Waals surface area contributed by atoms with E-state index in [0.717, 1.165) is 16.8 Å². The van der Waals surface area contributed by atoms with Gasteiger partial charge in [0.25, 0.3) is 5.56 Å². The van der Waals surface area contributed by atoms with Crippen molar-refractivity contribution in [1.82, 2.24) is 9.78 Å². The molecular weight excluding hydrogens is 273 g/mol. The van der Waals surface area contributed by atoms with E-state index in [2.05, 4.69) is 5.10 Å². The predicted molar refractivity (Wildman–Crippen MR) is 66.5 cm³/mol. The lowest BCUT2D eigenvalue weighted by molar-refractivity contribution is -0.137. The standard InChI is InChI=1S/C13H11F3N2O2/c1-18-12(19)11(10(20-2)7-17-18)8-4-3-5-9(6-8)13(14,15)16/h3-7H,1-2H3. The van der Waals surface area contributed by atoms with Crippen molar-refractivity contribution in [1.29, 1.82) is 0 Å². The largest absolute Gasteiger partial charge is 0.494 e. The van der Waals surface area contributed by atoms with Gasteiger partial charge in [0.05, 0.1) is 24.4 Å². The first-order chi connectivity index (χ1) is 9.34. The zero-order valence-electron chi connectivity index (χ0n) is 10.7. The number of benzene rings is 1. The Bertz CT molecular complexity index is 693. The van der Waals surface area contributed by atoms with Crippen LogP contribution in [0.2, 0.25) is 0 Å². The maximum Gasteiger partial charge on any atom is 0.416 e. The summed E-state index contributed by atoms with van der Waals surface area (Å²) >= 11 is 0. The monoisotopic (exact) mass is 284 g/mol. The van der Waals surface area contributed by atoms with Crippen LogP contribution in [0.1, 0.15) is 5.56 Å². The lowest BCUT2D eigenvalue weighted by atomic mass is 10.0. The van der Waals surface area contributed by atoms with Gasteiger partial charge in [0.2, 0.25) is 0 Å². The molecule has 2 rings (SSSR count). The van der Waals surface area contributed by atoms with E-state index in [-0.39, 0.29) is 16.9 Å². The molecule has 1 heterocycles. The van der Waals surface area contributed by atoms with Gasteiger partial charge < -0.3 is 4.74 Å². The fraction of sp³-hybridized carbons (Fsp3) is 0.231. The average Bonchev–Trinajstić information content (AvgIpc) is 2.41. The van der Waals surface area contributed by atoms with E-state index in [1.54, 1.807) is 0 Å². The van der Waals surface area contributed by atoms with Crippen LogP contribution in [0.25, 0.3) is 11.1 Å². The van der Waals surface area contributed by atoms with E-state index in [9.17, 15) is 18.0 Å². The van der Waals surface area contributed by atoms with Gasteiger partial charge in [0, 0.05) is 7.05 Å². The van der Waals surface area contributed by atoms with E-state index in [1.165, 1.54) is 32.5 Å². The van der Waals surface area contributed by atoms with Crippen molar-refractivity contribution in [2.75, 3.05) is 7.11 Å². The van der Waals surface area contributed by atoms with Crippen LogP contribution in [-0.4, -0.2) is 16.9 Å². The second kappa shape index (κ2) is 4.99. The zero-order valence-corrected chi connectivity index (χ0v) is 10.7. The summed E-state index contributed by atoms with van der Waals surface area (Å²) in [5.74, 6) is 0.132. The average molecular weight is 284 g/mol. The van der Waals surface area contributed by atoms with Crippen LogP contribution < -0.4 is 10.3 Å². The van der Waals surface area contributed by atoms with Gasteiger partial charge >= 0.3 is 6.18 Å². The van der Waals surface area contributed by atoms with Gasteiger partial charge in [-0.15, -0.1) is 0 Å². The van der Waals surface area contributed by atoms with Crippen LogP contribution >= 0.6 is 0 Å². The van der Waals surface area contributed by atoms with Crippen LogP contribution in [0, 0.1) is 0 Å². The number of nitrogens with zero attached hydrogens (tertiary/aromatic N) is 2. The van der Waals surface area contributed by atoms with Gasteiger partial charge in [-0.05, 0) is 17.7 Å². The van der Waals surface area contributed by atoms with Gasteiger partial charge in [0.1, 0.15) is 0 Å². The molecule has 1 aromatic heterocycles. The lowest BCUT2D eigenvalue weighted by Crippen LogP contribution is -2.21. The smallest absolute Gasteiger partial charge is 0.416 e. The van der Waals surface area contributed by atoms with Gasteiger partial charge in [-0.1, -0.05) is 12.1 Å². The highest BCUT2D eigenvalue weighted by atomic mass is 19.4. The summed E-state index contributed by atoms with van der Waals surface area (Å²) in [7, 11) is 2.74. The topological polar surface area (TPSA) is 44.1 Å². The first-order valence-electron chi connectivity index (χ1n) is 5.62. The number of aromatic nitrogens is 2. The molecule has 0 atom stereocenters. The van der Waals surface area contributed by atoms with Crippen LogP contribution in [0.4, 0.5) is 13.2 Å². The fourth-order valence-electron chi connectivity index (χ4n) is 1.79. The third-order valence-electron chi connectivity index (χ3n) is 2.80. The second-order valence-electron chi connectivity index (χ2n) is 4.10. The number of ether oxygens (including phenoxy) is 1. The van der Waals surface area contributed by atoms with E-state index >= 15 is 0 Å². The Hall–Kier alpha value is -2.31. The summed E-state index contributed by atoms with van der Waals surface area (Å²) in [5, 5.41) is 3.76. The molecule has 0 N–H and O–H groups in total. The highest BCUT2D eigenvalue weighted by Gasteiger charge is 2.31. The van der Waals surface area contributed by atoms with Crippen LogP contribution in [0.15, 0.2) is 35.3 Å². The molecule has 0 aliphatic heterocycles. The molecule has 0 aliphatic carbocycles. The molecule has 0 fully saturated rings. The maximum absolute atomic E-state index is 12.7. The highest BCUT2D eigenvalue weighted by molar-refractivity contribution is 5.69. The number of hydrogen-bond acceptors (Lipinski definition) is 3.